The fourth-order valence-corrected chi connectivity index (χ4v) is 1.38. The Bertz CT molecular complexity index is 463. The summed E-state index contributed by atoms with van der Waals surface area (Å²) < 4.78 is 41.7. The molecule has 0 aromatic heterocycles. The van der Waals surface area contributed by atoms with Gasteiger partial charge < -0.3 is 4.74 Å². The normalized spacial score (nSPS) is 13.1. The zero-order chi connectivity index (χ0) is 14.6. The number of halogens is 3. The molecule has 0 aliphatic carbocycles. The number of ketones is 2. The predicted molar refractivity (Wildman–Crippen MR) is 61.9 cm³/mol. The zero-order valence-corrected chi connectivity index (χ0v) is 10.5. The lowest BCUT2D eigenvalue weighted by atomic mass is 10.0. The number of Topliss-reactive ketones (excluding diaryl/α,β-unsaturated/α-hetero) is 2. The molecule has 0 aliphatic heterocycles. The van der Waals surface area contributed by atoms with Gasteiger partial charge >= 0.3 is 6.18 Å². The summed E-state index contributed by atoms with van der Waals surface area (Å²) in [6.07, 6.45) is -5.54. The Kier molecular flexibility index (Phi) is 4.83. The van der Waals surface area contributed by atoms with Gasteiger partial charge in [0, 0.05) is 12.7 Å². The van der Waals surface area contributed by atoms with Crippen molar-refractivity contribution in [3.05, 3.63) is 35.4 Å². The van der Waals surface area contributed by atoms with Gasteiger partial charge in [-0.05, 0) is 19.1 Å². The minimum Gasteiger partial charge on any atom is -0.374 e. The Morgan fingerprint density at radius 1 is 1.21 bits per heavy atom. The van der Waals surface area contributed by atoms with Gasteiger partial charge in [0.1, 0.15) is 6.10 Å². The Balaban J connectivity index is 2.76. The molecule has 0 spiro atoms. The topological polar surface area (TPSA) is 43.4 Å². The second-order valence-electron chi connectivity index (χ2n) is 4.02. The molecular weight excluding hydrogens is 261 g/mol. The number of carbonyl (C=O) groups is 2. The van der Waals surface area contributed by atoms with Crippen molar-refractivity contribution in [3.63, 3.8) is 0 Å². The van der Waals surface area contributed by atoms with E-state index in [1.165, 1.54) is 14.0 Å². The SMILES string of the molecule is COC(C)C(=O)CC(=O)c1ccc(C(F)(F)F)cc1. The van der Waals surface area contributed by atoms with E-state index in [2.05, 4.69) is 0 Å². The molecule has 19 heavy (non-hydrogen) atoms. The average Bonchev–Trinajstić information content (AvgIpc) is 2.36. The van der Waals surface area contributed by atoms with Crippen molar-refractivity contribution in [3.8, 4) is 0 Å². The van der Waals surface area contributed by atoms with Crippen LogP contribution in [-0.4, -0.2) is 24.8 Å². The maximum absolute atomic E-state index is 12.3. The quantitative estimate of drug-likeness (QED) is 0.612. The van der Waals surface area contributed by atoms with Crippen molar-refractivity contribution in [2.45, 2.75) is 25.6 Å². The highest BCUT2D eigenvalue weighted by Gasteiger charge is 2.30. The van der Waals surface area contributed by atoms with E-state index in [4.69, 9.17) is 4.74 Å². The Morgan fingerprint density at radius 3 is 2.16 bits per heavy atom. The molecule has 0 heterocycles. The van der Waals surface area contributed by atoms with Gasteiger partial charge in [-0.2, -0.15) is 13.2 Å². The van der Waals surface area contributed by atoms with E-state index in [0.29, 0.717) is 0 Å². The summed E-state index contributed by atoms with van der Waals surface area (Å²) in [5.41, 5.74) is -0.759. The largest absolute Gasteiger partial charge is 0.416 e. The second kappa shape index (κ2) is 5.97. The molecule has 6 heteroatoms. The summed E-state index contributed by atoms with van der Waals surface area (Å²) in [5, 5.41) is 0. The van der Waals surface area contributed by atoms with Crippen LogP contribution in [0.1, 0.15) is 29.3 Å². The standard InChI is InChI=1S/C13H13F3O3/c1-8(19-2)11(17)7-12(18)9-3-5-10(6-4-9)13(14,15)16/h3-6,8H,7H2,1-2H3. The summed E-state index contributed by atoms with van der Waals surface area (Å²) in [5.74, 6) is -0.935. The molecule has 0 radical (unpaired) electrons. The molecule has 3 nitrogen and oxygen atoms in total. The number of ether oxygens (including phenoxy) is 1. The van der Waals surface area contributed by atoms with Crippen molar-refractivity contribution in [1.29, 1.82) is 0 Å². The first-order valence-electron chi connectivity index (χ1n) is 5.51. The molecule has 1 atom stereocenters. The predicted octanol–water partition coefficient (Wildman–Crippen LogP) is 2.88. The molecule has 1 aromatic rings. The fraction of sp³-hybridized carbons (Fsp3) is 0.385. The van der Waals surface area contributed by atoms with Gasteiger partial charge in [0.15, 0.2) is 11.6 Å². The van der Waals surface area contributed by atoms with Crippen LogP contribution in [0.4, 0.5) is 13.2 Å². The first-order valence-corrected chi connectivity index (χ1v) is 5.51. The van der Waals surface area contributed by atoms with E-state index in [-0.39, 0.29) is 12.0 Å². The lowest BCUT2D eigenvalue weighted by molar-refractivity contribution is -0.137. The van der Waals surface area contributed by atoms with Gasteiger partial charge in [0.2, 0.25) is 0 Å². The third-order valence-electron chi connectivity index (χ3n) is 2.68. The van der Waals surface area contributed by atoms with E-state index < -0.39 is 29.4 Å². The molecule has 1 rings (SSSR count). The number of hydrogen-bond acceptors (Lipinski definition) is 3. The molecule has 0 fully saturated rings. The molecule has 1 unspecified atom stereocenters. The number of alkyl halides is 3. The zero-order valence-electron chi connectivity index (χ0n) is 10.5. The number of rotatable bonds is 5. The first-order chi connectivity index (χ1) is 8.75. The van der Waals surface area contributed by atoms with Crippen LogP contribution in [0, 0.1) is 0 Å². The monoisotopic (exact) mass is 274 g/mol. The number of hydrogen-bond donors (Lipinski definition) is 0. The van der Waals surface area contributed by atoms with E-state index in [1.54, 1.807) is 0 Å². The lowest BCUT2D eigenvalue weighted by Crippen LogP contribution is -2.22. The molecule has 0 saturated heterocycles. The maximum Gasteiger partial charge on any atom is 0.416 e. The van der Waals surface area contributed by atoms with E-state index in [0.717, 1.165) is 24.3 Å². The number of carbonyl (C=O) groups excluding carboxylic acids is 2. The molecule has 0 saturated carbocycles. The maximum atomic E-state index is 12.3. The van der Waals surface area contributed by atoms with Gasteiger partial charge in [-0.3, -0.25) is 9.59 Å². The van der Waals surface area contributed by atoms with E-state index in [9.17, 15) is 22.8 Å². The first kappa shape index (κ1) is 15.4. The van der Waals surface area contributed by atoms with Crippen molar-refractivity contribution in [2.24, 2.45) is 0 Å². The molecule has 104 valence electrons. The van der Waals surface area contributed by atoms with E-state index >= 15 is 0 Å². The van der Waals surface area contributed by atoms with Crippen LogP contribution in [0.25, 0.3) is 0 Å². The average molecular weight is 274 g/mol. The van der Waals surface area contributed by atoms with Crippen molar-refractivity contribution in [1.82, 2.24) is 0 Å². The second-order valence-corrected chi connectivity index (χ2v) is 4.02. The third kappa shape index (κ3) is 4.17. The highest BCUT2D eigenvalue weighted by molar-refractivity contribution is 6.09. The van der Waals surface area contributed by atoms with Crippen molar-refractivity contribution < 1.29 is 27.5 Å². The lowest BCUT2D eigenvalue weighted by Gasteiger charge is -2.09. The van der Waals surface area contributed by atoms with Crippen LogP contribution < -0.4 is 0 Å². The van der Waals surface area contributed by atoms with Crippen LogP contribution in [0.15, 0.2) is 24.3 Å². The summed E-state index contributed by atoms with van der Waals surface area (Å²) in [7, 11) is 1.34. The fourth-order valence-electron chi connectivity index (χ4n) is 1.38. The van der Waals surface area contributed by atoms with Crippen LogP contribution in [-0.2, 0) is 15.7 Å². The summed E-state index contributed by atoms with van der Waals surface area (Å²) >= 11 is 0. The Morgan fingerprint density at radius 2 is 1.74 bits per heavy atom. The number of benzene rings is 1. The summed E-state index contributed by atoms with van der Waals surface area (Å²) in [6.45, 7) is 1.50. The molecule has 0 N–H and O–H groups in total. The van der Waals surface area contributed by atoms with Crippen LogP contribution in [0.5, 0.6) is 0 Å². The van der Waals surface area contributed by atoms with Gasteiger partial charge in [-0.1, -0.05) is 12.1 Å². The highest BCUT2D eigenvalue weighted by atomic mass is 19.4. The van der Waals surface area contributed by atoms with Crippen LogP contribution in [0.3, 0.4) is 0 Å². The molecule has 0 amide bonds. The van der Waals surface area contributed by atoms with Crippen LogP contribution >= 0.6 is 0 Å². The van der Waals surface area contributed by atoms with Gasteiger partial charge in [-0.25, -0.2) is 0 Å². The summed E-state index contributed by atoms with van der Waals surface area (Å²) in [4.78, 5) is 23.1. The smallest absolute Gasteiger partial charge is 0.374 e. The van der Waals surface area contributed by atoms with Gasteiger partial charge in [-0.15, -0.1) is 0 Å². The van der Waals surface area contributed by atoms with Gasteiger partial charge in [0.25, 0.3) is 0 Å². The summed E-state index contributed by atoms with van der Waals surface area (Å²) in [6, 6.07) is 3.76. The number of methoxy groups -OCH3 is 1. The molecular formula is C13H13F3O3. The van der Waals surface area contributed by atoms with Crippen LogP contribution in [0.2, 0.25) is 0 Å². The third-order valence-corrected chi connectivity index (χ3v) is 2.68. The minimum atomic E-state index is -4.44. The van der Waals surface area contributed by atoms with Gasteiger partial charge in [0.05, 0.1) is 12.0 Å². The Labute approximate surface area is 108 Å². The Hall–Kier alpha value is -1.69. The molecule has 0 bridgehead atoms. The highest BCUT2D eigenvalue weighted by Crippen LogP contribution is 2.29. The van der Waals surface area contributed by atoms with Crippen molar-refractivity contribution >= 4 is 11.6 Å². The minimum absolute atomic E-state index is 0.0738. The van der Waals surface area contributed by atoms with Crippen molar-refractivity contribution in [2.75, 3.05) is 7.11 Å². The molecule has 1 aromatic carbocycles. The van der Waals surface area contributed by atoms with E-state index in [1.807, 2.05) is 0 Å². The molecule has 0 aliphatic rings.